The number of carbonyl (C=O) groups is 1. The lowest BCUT2D eigenvalue weighted by Crippen LogP contribution is -2.42. The summed E-state index contributed by atoms with van der Waals surface area (Å²) in [6.45, 7) is 2.51. The molecule has 3 N–H and O–H groups in total. The molecule has 0 bridgehead atoms. The molecule has 0 aliphatic heterocycles. The van der Waals surface area contributed by atoms with Gasteiger partial charge in [-0.3, -0.25) is 24.0 Å². The van der Waals surface area contributed by atoms with Gasteiger partial charge in [0.05, 0.1) is 6.61 Å². The molecule has 2 rings (SSSR count). The molecule has 0 saturated carbocycles. The first-order valence-corrected chi connectivity index (χ1v) is 9.55. The quantitative estimate of drug-likeness (QED) is 0.597. The van der Waals surface area contributed by atoms with Crippen LogP contribution in [-0.2, 0) is 16.1 Å². The molecule has 0 atom stereocenters. The molecule has 0 fully saturated rings. The molecule has 2 aromatic rings. The summed E-state index contributed by atoms with van der Waals surface area (Å²) in [4.78, 5) is 40.8. The predicted molar refractivity (Wildman–Crippen MR) is 113 cm³/mol. The van der Waals surface area contributed by atoms with Crippen LogP contribution < -0.4 is 21.9 Å². The average Bonchev–Trinajstić information content (AvgIpc) is 2.66. The van der Waals surface area contributed by atoms with E-state index in [0.29, 0.717) is 13.0 Å². The number of aromatic nitrogens is 2. The summed E-state index contributed by atoms with van der Waals surface area (Å²) in [5, 5.41) is 0. The minimum Gasteiger partial charge on any atom is -0.383 e. The highest BCUT2D eigenvalue weighted by Gasteiger charge is 2.22. The Labute approximate surface area is 170 Å². The van der Waals surface area contributed by atoms with Crippen LogP contribution in [0.15, 0.2) is 44.4 Å². The largest absolute Gasteiger partial charge is 0.383 e. The molecule has 8 nitrogen and oxygen atoms in total. The Hall–Kier alpha value is -2.65. The number of aromatic amines is 1. The van der Waals surface area contributed by atoms with E-state index in [2.05, 4.69) is 20.9 Å². The Morgan fingerprint density at radius 2 is 2.07 bits per heavy atom. The lowest BCUT2D eigenvalue weighted by molar-refractivity contribution is -0.114. The summed E-state index contributed by atoms with van der Waals surface area (Å²) in [5.74, 6) is -0.499. The van der Waals surface area contributed by atoms with Gasteiger partial charge in [-0.1, -0.05) is 41.1 Å². The number of hydrogen-bond donors (Lipinski definition) is 2. The third kappa shape index (κ3) is 4.99. The van der Waals surface area contributed by atoms with Crippen LogP contribution >= 0.6 is 15.9 Å². The van der Waals surface area contributed by atoms with E-state index in [1.165, 1.54) is 22.7 Å². The van der Waals surface area contributed by atoms with Gasteiger partial charge in [0.1, 0.15) is 5.82 Å². The molecule has 0 aliphatic carbocycles. The third-order valence-electron chi connectivity index (χ3n) is 4.03. The van der Waals surface area contributed by atoms with Crippen molar-refractivity contribution in [1.29, 1.82) is 0 Å². The first-order valence-electron chi connectivity index (χ1n) is 8.76. The highest BCUT2D eigenvalue weighted by Crippen LogP contribution is 2.20. The van der Waals surface area contributed by atoms with Gasteiger partial charge >= 0.3 is 5.69 Å². The number of nitrogens with zero attached hydrogens (tertiary/aromatic N) is 2. The zero-order valence-corrected chi connectivity index (χ0v) is 17.4. The monoisotopic (exact) mass is 450 g/mol. The van der Waals surface area contributed by atoms with E-state index in [-0.39, 0.29) is 24.7 Å². The molecular weight excluding hydrogens is 428 g/mol. The molecule has 0 aliphatic rings. The lowest BCUT2D eigenvalue weighted by atomic mass is 10.2. The maximum Gasteiger partial charge on any atom is 0.330 e. The molecular formula is C19H23BrN4O4. The van der Waals surface area contributed by atoms with Crippen molar-refractivity contribution in [3.63, 3.8) is 0 Å². The molecule has 1 heterocycles. The molecule has 1 aromatic carbocycles. The zero-order chi connectivity index (χ0) is 20.7. The lowest BCUT2D eigenvalue weighted by Gasteiger charge is -2.23. The van der Waals surface area contributed by atoms with E-state index in [9.17, 15) is 14.4 Å². The normalized spacial score (nSPS) is 11.1. The Morgan fingerprint density at radius 3 is 2.71 bits per heavy atom. The van der Waals surface area contributed by atoms with E-state index in [1.54, 1.807) is 6.08 Å². The molecule has 1 amide bonds. The van der Waals surface area contributed by atoms with E-state index >= 15 is 0 Å². The highest BCUT2D eigenvalue weighted by atomic mass is 79.9. The van der Waals surface area contributed by atoms with E-state index < -0.39 is 17.2 Å². The number of nitrogens with two attached hydrogens (primary N) is 1. The number of ether oxygens (including phenoxy) is 1. The number of anilines is 2. The van der Waals surface area contributed by atoms with Crippen LogP contribution in [0, 0.1) is 0 Å². The van der Waals surface area contributed by atoms with Crippen molar-refractivity contribution in [2.75, 3.05) is 30.9 Å². The Bertz CT molecular complexity index is 981. The number of hydrogen-bond acceptors (Lipinski definition) is 5. The van der Waals surface area contributed by atoms with Crippen LogP contribution in [-0.4, -0.2) is 35.7 Å². The van der Waals surface area contributed by atoms with Crippen molar-refractivity contribution >= 4 is 39.4 Å². The van der Waals surface area contributed by atoms with Gasteiger partial charge in [-0.25, -0.2) is 4.79 Å². The molecule has 150 valence electrons. The summed E-state index contributed by atoms with van der Waals surface area (Å²) in [6.07, 6.45) is 3.63. The summed E-state index contributed by atoms with van der Waals surface area (Å²) < 4.78 is 7.14. The number of nitrogens with one attached hydrogen (secondary N) is 1. The molecule has 1 aromatic heterocycles. The van der Waals surface area contributed by atoms with Gasteiger partial charge in [0.2, 0.25) is 0 Å². The van der Waals surface area contributed by atoms with Crippen LogP contribution in [0.2, 0.25) is 0 Å². The maximum atomic E-state index is 12.9. The van der Waals surface area contributed by atoms with Crippen molar-refractivity contribution in [2.24, 2.45) is 0 Å². The van der Waals surface area contributed by atoms with Gasteiger partial charge in [-0.05, 0) is 24.1 Å². The fourth-order valence-electron chi connectivity index (χ4n) is 2.66. The number of methoxy groups -OCH3 is 1. The Kier molecular flexibility index (Phi) is 7.77. The fraction of sp³-hybridized carbons (Fsp3) is 0.316. The molecule has 0 radical (unpaired) electrons. The van der Waals surface area contributed by atoms with Crippen molar-refractivity contribution in [1.82, 2.24) is 9.55 Å². The van der Waals surface area contributed by atoms with Crippen molar-refractivity contribution in [2.45, 2.75) is 19.9 Å². The second-order valence-electron chi connectivity index (χ2n) is 5.98. The smallest absolute Gasteiger partial charge is 0.330 e. The Balaban J connectivity index is 2.48. The van der Waals surface area contributed by atoms with Gasteiger partial charge in [0.15, 0.2) is 5.69 Å². The fourth-order valence-corrected chi connectivity index (χ4v) is 3.08. The predicted octanol–water partition coefficient (Wildman–Crippen LogP) is 1.98. The summed E-state index contributed by atoms with van der Waals surface area (Å²) >= 11 is 3.42. The van der Waals surface area contributed by atoms with Gasteiger partial charge in [0, 0.05) is 30.7 Å². The summed E-state index contributed by atoms with van der Waals surface area (Å²) in [7, 11) is 1.49. The van der Waals surface area contributed by atoms with Crippen LogP contribution in [0.5, 0.6) is 0 Å². The van der Waals surface area contributed by atoms with Crippen LogP contribution in [0.4, 0.5) is 11.5 Å². The minimum absolute atomic E-state index is 0.0469. The second kappa shape index (κ2) is 10.0. The van der Waals surface area contributed by atoms with Crippen molar-refractivity contribution in [3.05, 3.63) is 61.2 Å². The van der Waals surface area contributed by atoms with Crippen molar-refractivity contribution in [3.8, 4) is 0 Å². The van der Waals surface area contributed by atoms with Gasteiger partial charge in [-0.15, -0.1) is 0 Å². The second-order valence-corrected chi connectivity index (χ2v) is 6.84. The van der Waals surface area contributed by atoms with Gasteiger partial charge in [0.25, 0.3) is 11.5 Å². The molecule has 0 spiro atoms. The van der Waals surface area contributed by atoms with Gasteiger partial charge in [-0.2, -0.15) is 0 Å². The first-order chi connectivity index (χ1) is 13.4. The number of carbonyl (C=O) groups excluding carboxylic acids is 1. The van der Waals surface area contributed by atoms with E-state index in [4.69, 9.17) is 10.5 Å². The molecule has 0 unspecified atom stereocenters. The molecule has 9 heteroatoms. The average molecular weight is 451 g/mol. The number of H-pyrrole nitrogens is 1. The number of halogens is 1. The SMILES string of the molecule is CCCn1c(N)c(N(CCOC)C(=O)/C=C/c2ccccc2Br)c(=O)[nH]c1=O. The van der Waals surface area contributed by atoms with Crippen LogP contribution in [0.25, 0.3) is 6.08 Å². The topological polar surface area (TPSA) is 110 Å². The number of nitrogen functional groups attached to an aromatic ring is 1. The molecule has 28 heavy (non-hydrogen) atoms. The highest BCUT2D eigenvalue weighted by molar-refractivity contribution is 9.10. The summed E-state index contributed by atoms with van der Waals surface area (Å²) in [5.41, 5.74) is 5.52. The number of benzene rings is 1. The number of amides is 1. The minimum atomic E-state index is -0.714. The number of rotatable bonds is 8. The van der Waals surface area contributed by atoms with Gasteiger partial charge < -0.3 is 10.5 Å². The van der Waals surface area contributed by atoms with Crippen LogP contribution in [0.1, 0.15) is 18.9 Å². The van der Waals surface area contributed by atoms with Crippen molar-refractivity contribution < 1.29 is 9.53 Å². The zero-order valence-electron chi connectivity index (χ0n) is 15.8. The maximum absolute atomic E-state index is 12.9. The Morgan fingerprint density at radius 1 is 1.36 bits per heavy atom. The van der Waals surface area contributed by atoms with E-state index in [1.807, 2.05) is 31.2 Å². The summed E-state index contributed by atoms with van der Waals surface area (Å²) in [6, 6.07) is 7.42. The standard InChI is InChI=1S/C19H23BrN4O4/c1-3-10-24-17(21)16(18(26)22-19(24)27)23(11-12-28-2)15(25)9-8-13-6-4-5-7-14(13)20/h4-9H,3,10-12,21H2,1-2H3,(H,22,26,27)/b9-8+. The van der Waals surface area contributed by atoms with Crippen LogP contribution in [0.3, 0.4) is 0 Å². The molecule has 0 saturated heterocycles. The first kappa shape index (κ1) is 21.6. The van der Waals surface area contributed by atoms with E-state index in [0.717, 1.165) is 10.0 Å². The third-order valence-corrected chi connectivity index (χ3v) is 4.75.